The van der Waals surface area contributed by atoms with Gasteiger partial charge in [-0.25, -0.2) is 9.37 Å². The molecule has 10 nitrogen and oxygen atoms in total. The second-order valence-corrected chi connectivity index (χ2v) is 7.39. The van der Waals surface area contributed by atoms with Gasteiger partial charge < -0.3 is 24.5 Å². The Morgan fingerprint density at radius 2 is 1.78 bits per heavy atom. The van der Waals surface area contributed by atoms with E-state index in [1.54, 1.807) is 18.3 Å². The fraction of sp³-hybridized carbons (Fsp3) is 0.150. The molecule has 2 aromatic heterocycles. The largest absolute Gasteiger partial charge is 0.493 e. The number of thiazole rings is 1. The number of nitrogens with one attached hydrogen (secondary N) is 2. The van der Waals surface area contributed by atoms with Gasteiger partial charge in [0.05, 0.1) is 38.8 Å². The number of hydrogen-bond donors (Lipinski definition) is 3. The van der Waals surface area contributed by atoms with E-state index in [1.165, 1.54) is 50.9 Å². The normalized spacial score (nSPS) is 10.6. The van der Waals surface area contributed by atoms with Crippen molar-refractivity contribution in [3.8, 4) is 39.4 Å². The number of halogens is 1. The standard InChI is InChI=1S/C20H19FN6O4S/c1-28-14-7-11(8-15(29-2)17(14)30-3)25-26-20-23-9-16(32-20)19-24-18(27-31-19)12-6-10(22)4-5-13(12)21/h4-9,25H,22H2,1-3H3,(H,23,26). The number of rotatable bonds is 8. The Morgan fingerprint density at radius 1 is 1.03 bits per heavy atom. The zero-order valence-electron chi connectivity index (χ0n) is 17.3. The van der Waals surface area contributed by atoms with Crippen LogP contribution in [0.4, 0.5) is 20.9 Å². The number of hydrazine groups is 1. The van der Waals surface area contributed by atoms with Crippen LogP contribution in [0.25, 0.3) is 22.2 Å². The maximum Gasteiger partial charge on any atom is 0.270 e. The maximum atomic E-state index is 14.1. The van der Waals surface area contributed by atoms with Crippen LogP contribution in [0.5, 0.6) is 17.2 Å². The van der Waals surface area contributed by atoms with Crippen molar-refractivity contribution in [1.29, 1.82) is 0 Å². The fourth-order valence-corrected chi connectivity index (χ4v) is 3.55. The monoisotopic (exact) mass is 458 g/mol. The van der Waals surface area contributed by atoms with Gasteiger partial charge in [-0.05, 0) is 18.2 Å². The molecule has 0 atom stereocenters. The molecule has 12 heteroatoms. The lowest BCUT2D eigenvalue weighted by Gasteiger charge is -2.15. The van der Waals surface area contributed by atoms with Crippen molar-refractivity contribution in [2.24, 2.45) is 0 Å². The van der Waals surface area contributed by atoms with E-state index in [9.17, 15) is 4.39 Å². The van der Waals surface area contributed by atoms with Gasteiger partial charge in [0.2, 0.25) is 16.7 Å². The van der Waals surface area contributed by atoms with Gasteiger partial charge in [-0.2, -0.15) is 4.98 Å². The molecule has 0 aliphatic carbocycles. The number of nitrogens with two attached hydrogens (primary N) is 1. The van der Waals surface area contributed by atoms with E-state index in [0.717, 1.165) is 0 Å². The van der Waals surface area contributed by atoms with Crippen LogP contribution in [0.2, 0.25) is 0 Å². The molecule has 0 aliphatic heterocycles. The molecule has 0 saturated heterocycles. The van der Waals surface area contributed by atoms with Crippen molar-refractivity contribution in [1.82, 2.24) is 15.1 Å². The first-order chi connectivity index (χ1) is 15.5. The van der Waals surface area contributed by atoms with Crippen LogP contribution in [0.3, 0.4) is 0 Å². The van der Waals surface area contributed by atoms with Crippen LogP contribution in [-0.2, 0) is 0 Å². The van der Waals surface area contributed by atoms with Gasteiger partial charge in [0.25, 0.3) is 5.89 Å². The van der Waals surface area contributed by atoms with Crippen molar-refractivity contribution in [2.75, 3.05) is 37.9 Å². The van der Waals surface area contributed by atoms with Crippen LogP contribution in [-0.4, -0.2) is 36.5 Å². The minimum absolute atomic E-state index is 0.100. The van der Waals surface area contributed by atoms with Gasteiger partial charge in [0, 0.05) is 17.8 Å². The highest BCUT2D eigenvalue weighted by Crippen LogP contribution is 2.40. The first-order valence-corrected chi connectivity index (χ1v) is 10.0. The molecule has 0 radical (unpaired) electrons. The Balaban J connectivity index is 1.50. The highest BCUT2D eigenvalue weighted by Gasteiger charge is 2.17. The Kier molecular flexibility index (Phi) is 5.94. The van der Waals surface area contributed by atoms with Gasteiger partial charge in [0.15, 0.2) is 11.5 Å². The molecule has 0 unspecified atom stereocenters. The summed E-state index contributed by atoms with van der Waals surface area (Å²) in [5.41, 5.74) is 12.9. The third-order valence-corrected chi connectivity index (χ3v) is 5.25. The van der Waals surface area contributed by atoms with E-state index >= 15 is 0 Å². The molecule has 4 aromatic rings. The quantitative estimate of drug-likeness (QED) is 0.263. The molecule has 4 rings (SSSR count). The lowest BCUT2D eigenvalue weighted by atomic mass is 10.2. The summed E-state index contributed by atoms with van der Waals surface area (Å²) in [6.45, 7) is 0. The van der Waals surface area contributed by atoms with Crippen molar-refractivity contribution >= 4 is 27.8 Å². The Bertz CT molecular complexity index is 1220. The van der Waals surface area contributed by atoms with Crippen LogP contribution in [0, 0.1) is 5.82 Å². The average molecular weight is 458 g/mol. The number of ether oxygens (including phenoxy) is 3. The molecule has 2 aromatic carbocycles. The van der Waals surface area contributed by atoms with Crippen molar-refractivity contribution in [2.45, 2.75) is 0 Å². The molecule has 0 amide bonds. The topological polar surface area (TPSA) is 130 Å². The highest BCUT2D eigenvalue weighted by atomic mass is 32.1. The van der Waals surface area contributed by atoms with E-state index in [-0.39, 0.29) is 17.3 Å². The summed E-state index contributed by atoms with van der Waals surface area (Å²) in [6, 6.07) is 7.65. The van der Waals surface area contributed by atoms with E-state index in [2.05, 4.69) is 26.0 Å². The molecule has 0 aliphatic rings. The smallest absolute Gasteiger partial charge is 0.270 e. The minimum Gasteiger partial charge on any atom is -0.493 e. The van der Waals surface area contributed by atoms with Gasteiger partial charge in [0.1, 0.15) is 10.7 Å². The number of nitrogen functional groups attached to an aromatic ring is 1. The molecule has 2 heterocycles. The number of benzene rings is 2. The predicted molar refractivity (Wildman–Crippen MR) is 119 cm³/mol. The Morgan fingerprint density at radius 3 is 2.47 bits per heavy atom. The third-order valence-electron chi connectivity index (χ3n) is 4.35. The fourth-order valence-electron chi connectivity index (χ4n) is 2.86. The summed E-state index contributed by atoms with van der Waals surface area (Å²) >= 11 is 1.26. The summed E-state index contributed by atoms with van der Waals surface area (Å²) in [4.78, 5) is 9.13. The Labute approximate surface area is 186 Å². The van der Waals surface area contributed by atoms with E-state index < -0.39 is 5.82 Å². The van der Waals surface area contributed by atoms with Crippen molar-refractivity contribution in [3.05, 3.63) is 42.3 Å². The molecule has 0 saturated carbocycles. The molecule has 0 spiro atoms. The lowest BCUT2D eigenvalue weighted by Crippen LogP contribution is -2.08. The molecular formula is C20H19FN6O4S. The molecule has 4 N–H and O–H groups in total. The van der Waals surface area contributed by atoms with Crippen LogP contribution < -0.4 is 30.8 Å². The molecule has 166 valence electrons. The maximum absolute atomic E-state index is 14.1. The van der Waals surface area contributed by atoms with Gasteiger partial charge >= 0.3 is 0 Å². The summed E-state index contributed by atoms with van der Waals surface area (Å²) in [5, 5.41) is 4.37. The second kappa shape index (κ2) is 8.98. The summed E-state index contributed by atoms with van der Waals surface area (Å²) < 4.78 is 35.3. The van der Waals surface area contributed by atoms with Crippen LogP contribution in [0.15, 0.2) is 41.1 Å². The lowest BCUT2D eigenvalue weighted by molar-refractivity contribution is 0.324. The number of aromatic nitrogens is 3. The first-order valence-electron chi connectivity index (χ1n) is 9.19. The summed E-state index contributed by atoms with van der Waals surface area (Å²) in [5.74, 6) is 1.31. The third kappa shape index (κ3) is 4.21. The average Bonchev–Trinajstić information content (AvgIpc) is 3.48. The van der Waals surface area contributed by atoms with Gasteiger partial charge in [-0.15, -0.1) is 0 Å². The minimum atomic E-state index is -0.493. The van der Waals surface area contributed by atoms with Crippen molar-refractivity contribution in [3.63, 3.8) is 0 Å². The highest BCUT2D eigenvalue weighted by molar-refractivity contribution is 7.18. The molecule has 0 bridgehead atoms. The molecule has 0 fully saturated rings. The Hall–Kier alpha value is -4.06. The van der Waals surface area contributed by atoms with Crippen LogP contribution in [0.1, 0.15) is 0 Å². The molecule has 32 heavy (non-hydrogen) atoms. The number of methoxy groups -OCH3 is 3. The second-order valence-electron chi connectivity index (χ2n) is 6.36. The first kappa shape index (κ1) is 21.2. The summed E-state index contributed by atoms with van der Waals surface area (Å²) in [6.07, 6.45) is 1.57. The van der Waals surface area contributed by atoms with Gasteiger partial charge in [-0.1, -0.05) is 16.5 Å². The number of hydrogen-bond acceptors (Lipinski definition) is 11. The number of nitrogens with zero attached hydrogens (tertiary/aromatic N) is 3. The van der Waals surface area contributed by atoms with E-state index in [1.807, 2.05) is 0 Å². The van der Waals surface area contributed by atoms with Crippen LogP contribution >= 0.6 is 11.3 Å². The zero-order valence-corrected chi connectivity index (χ0v) is 18.1. The van der Waals surface area contributed by atoms with E-state index in [0.29, 0.717) is 38.6 Å². The zero-order chi connectivity index (χ0) is 22.7. The molecular weight excluding hydrogens is 439 g/mol. The van der Waals surface area contributed by atoms with Gasteiger partial charge in [-0.3, -0.25) is 10.9 Å². The van der Waals surface area contributed by atoms with Crippen molar-refractivity contribution < 1.29 is 23.1 Å². The summed E-state index contributed by atoms with van der Waals surface area (Å²) in [7, 11) is 4.61. The number of anilines is 3. The van der Waals surface area contributed by atoms with E-state index in [4.69, 9.17) is 24.5 Å². The predicted octanol–water partition coefficient (Wildman–Crippen LogP) is 4.05. The SMILES string of the molecule is COc1cc(NNc2ncc(-c3nc(-c4cc(N)ccc4F)no3)s2)cc(OC)c1OC.